The van der Waals surface area contributed by atoms with Gasteiger partial charge in [0.2, 0.25) is 0 Å². The van der Waals surface area contributed by atoms with E-state index in [2.05, 4.69) is 4.89 Å². The molecule has 8 heavy (non-hydrogen) atoms. The summed E-state index contributed by atoms with van der Waals surface area (Å²) in [5, 5.41) is 7.26. The van der Waals surface area contributed by atoms with Gasteiger partial charge in [-0.25, -0.2) is 0 Å². The van der Waals surface area contributed by atoms with Crippen LogP contribution < -0.4 is 0 Å². The number of hydrogen-bond donors (Lipinski definition) is 1. The Morgan fingerprint density at radius 2 is 1.88 bits per heavy atom. The average Bonchev–Trinajstić information content (AvgIpc) is 1.59. The summed E-state index contributed by atoms with van der Waals surface area (Å²) in [6, 6.07) is 0. The maximum Gasteiger partial charge on any atom is 0.461 e. The van der Waals surface area contributed by atoms with E-state index in [9.17, 15) is 13.2 Å². The molecule has 0 atom stereocenters. The highest BCUT2D eigenvalue weighted by molar-refractivity contribution is 4.98. The van der Waals surface area contributed by atoms with E-state index in [1.165, 1.54) is 0 Å². The van der Waals surface area contributed by atoms with Gasteiger partial charge in [0, 0.05) is 0 Å². The molecule has 0 fully saturated rings. The van der Waals surface area contributed by atoms with E-state index in [1.807, 2.05) is 0 Å². The third-order valence-electron chi connectivity index (χ3n) is 0.238. The first-order chi connectivity index (χ1) is 3.56. The molecule has 1 N–H and O–H groups in total. The molecule has 0 radical (unpaired) electrons. The van der Waals surface area contributed by atoms with Gasteiger partial charge in [0.15, 0.2) is 6.11 Å². The fourth-order valence-electron chi connectivity index (χ4n) is 0.0807. The van der Waals surface area contributed by atoms with Crippen LogP contribution in [0.5, 0.6) is 0 Å². The lowest BCUT2D eigenvalue weighted by molar-refractivity contribution is -0.173. The monoisotopic (exact) mass is 126 g/mol. The second kappa shape index (κ2) is 2.43. The van der Waals surface area contributed by atoms with E-state index >= 15 is 0 Å². The van der Waals surface area contributed by atoms with Crippen molar-refractivity contribution in [3.05, 3.63) is 0 Å². The van der Waals surface area contributed by atoms with Gasteiger partial charge < -0.3 is 0 Å². The minimum Gasteiger partial charge on any atom is -0.285 e. The zero-order valence-electron chi connectivity index (χ0n) is 3.49. The highest BCUT2D eigenvalue weighted by Crippen LogP contribution is 2.11. The first kappa shape index (κ1) is 7.11. The van der Waals surface area contributed by atoms with Crippen LogP contribution in [0.4, 0.5) is 13.2 Å². The van der Waals surface area contributed by atoms with Crippen molar-refractivity contribution in [1.82, 2.24) is 0 Å². The van der Waals surface area contributed by atoms with Crippen molar-refractivity contribution in [2.45, 2.75) is 6.18 Å². The predicted molar refractivity (Wildman–Crippen MR) is 17.5 cm³/mol. The molecular formula is C3HF3O2. The molecule has 0 aromatic carbocycles. The van der Waals surface area contributed by atoms with Gasteiger partial charge in [-0.1, -0.05) is 0 Å². The second-order valence-electron chi connectivity index (χ2n) is 0.816. The van der Waals surface area contributed by atoms with Gasteiger partial charge in [0.25, 0.3) is 0 Å². The second-order valence-corrected chi connectivity index (χ2v) is 0.816. The van der Waals surface area contributed by atoms with Crippen molar-refractivity contribution in [2.75, 3.05) is 0 Å². The molecule has 0 aliphatic rings. The van der Waals surface area contributed by atoms with Crippen LogP contribution in [0.3, 0.4) is 0 Å². The minimum absolute atomic E-state index is 0.649. The lowest BCUT2D eigenvalue weighted by Gasteiger charge is -1.89. The predicted octanol–water partition coefficient (Wildman–Crippen LogP) is 0.999. The minimum atomic E-state index is -4.59. The number of alkyl halides is 3. The lowest BCUT2D eigenvalue weighted by atomic mass is 10.7. The van der Waals surface area contributed by atoms with Gasteiger partial charge in [-0.05, 0) is 0 Å². The van der Waals surface area contributed by atoms with E-state index in [0.29, 0.717) is 5.92 Å². The van der Waals surface area contributed by atoms with Crippen molar-refractivity contribution < 1.29 is 23.3 Å². The lowest BCUT2D eigenvalue weighted by Crippen LogP contribution is -2.01. The van der Waals surface area contributed by atoms with Crippen molar-refractivity contribution in [1.29, 1.82) is 0 Å². The van der Waals surface area contributed by atoms with Gasteiger partial charge in [-0.3, -0.25) is 4.89 Å². The van der Waals surface area contributed by atoms with Crippen LogP contribution in [-0.4, -0.2) is 11.4 Å². The topological polar surface area (TPSA) is 29.5 Å². The third kappa shape index (κ3) is 5.11. The van der Waals surface area contributed by atoms with E-state index in [1.54, 1.807) is 0 Å². The van der Waals surface area contributed by atoms with Gasteiger partial charge in [-0.15, -0.1) is 0 Å². The molecule has 46 valence electrons. The molecule has 0 amide bonds. The van der Waals surface area contributed by atoms with Crippen LogP contribution in [0.15, 0.2) is 0 Å². The summed E-state index contributed by atoms with van der Waals surface area (Å²) in [5.41, 5.74) is 0. The van der Waals surface area contributed by atoms with Crippen molar-refractivity contribution in [3.63, 3.8) is 0 Å². The van der Waals surface area contributed by atoms with Crippen molar-refractivity contribution >= 4 is 0 Å². The Bertz CT molecular complexity index is 117. The fourth-order valence-corrected chi connectivity index (χ4v) is 0.0807. The maximum absolute atomic E-state index is 10.9. The SMILES string of the molecule is OOC#CC(F)(F)F. The molecule has 2 nitrogen and oxygen atoms in total. The van der Waals surface area contributed by atoms with Crippen LogP contribution in [0.1, 0.15) is 0 Å². The molecule has 0 saturated heterocycles. The molecule has 0 heterocycles. The Morgan fingerprint density at radius 1 is 1.38 bits per heavy atom. The van der Waals surface area contributed by atoms with Crippen molar-refractivity contribution in [2.24, 2.45) is 0 Å². The van der Waals surface area contributed by atoms with E-state index < -0.39 is 6.18 Å². The first-order valence-corrected chi connectivity index (χ1v) is 1.45. The Balaban J connectivity index is 3.69. The number of rotatable bonds is 0. The van der Waals surface area contributed by atoms with E-state index in [-0.39, 0.29) is 0 Å². The molecule has 5 heteroatoms. The quantitative estimate of drug-likeness (QED) is 0.298. The largest absolute Gasteiger partial charge is 0.461 e. The Kier molecular flexibility index (Phi) is 2.16. The Labute approximate surface area is 42.8 Å². The number of hydrogen-bond acceptors (Lipinski definition) is 2. The third-order valence-corrected chi connectivity index (χ3v) is 0.238. The van der Waals surface area contributed by atoms with Gasteiger partial charge in [0.1, 0.15) is 0 Å². The van der Waals surface area contributed by atoms with E-state index in [4.69, 9.17) is 5.26 Å². The Hall–Kier alpha value is -0.890. The van der Waals surface area contributed by atoms with Gasteiger partial charge in [-0.2, -0.15) is 18.4 Å². The standard InChI is InChI=1S/C3HF3O2/c4-3(5,6)1-2-8-7/h7H. The zero-order chi connectivity index (χ0) is 6.62. The fraction of sp³-hybridized carbons (Fsp3) is 0.333. The summed E-state index contributed by atoms with van der Waals surface area (Å²) in [4.78, 5) is 2.84. The summed E-state index contributed by atoms with van der Waals surface area (Å²) < 4.78 is 32.6. The maximum atomic E-state index is 10.9. The molecular weight excluding hydrogens is 125 g/mol. The summed E-state index contributed by atoms with van der Waals surface area (Å²) in [7, 11) is 0. The van der Waals surface area contributed by atoms with Crippen LogP contribution in [-0.2, 0) is 4.89 Å². The Morgan fingerprint density at radius 3 is 2.00 bits per heavy atom. The first-order valence-electron chi connectivity index (χ1n) is 1.45. The highest BCUT2D eigenvalue weighted by Gasteiger charge is 2.23. The number of halogens is 3. The molecule has 0 aliphatic carbocycles. The molecule has 0 saturated carbocycles. The van der Waals surface area contributed by atoms with Crippen molar-refractivity contribution in [3.8, 4) is 12.0 Å². The molecule has 0 aliphatic heterocycles. The van der Waals surface area contributed by atoms with Crippen LogP contribution in [0.25, 0.3) is 0 Å². The van der Waals surface area contributed by atoms with Gasteiger partial charge >= 0.3 is 6.18 Å². The normalized spacial score (nSPS) is 9.50. The smallest absolute Gasteiger partial charge is 0.285 e. The van der Waals surface area contributed by atoms with E-state index in [0.717, 1.165) is 6.11 Å². The average molecular weight is 126 g/mol. The summed E-state index contributed by atoms with van der Waals surface area (Å²) in [5.74, 6) is 0.649. The molecule has 0 spiro atoms. The molecule has 0 rings (SSSR count). The molecule has 0 unspecified atom stereocenters. The summed E-state index contributed by atoms with van der Waals surface area (Å²) in [6.45, 7) is 0. The molecule has 0 bridgehead atoms. The summed E-state index contributed by atoms with van der Waals surface area (Å²) >= 11 is 0. The summed E-state index contributed by atoms with van der Waals surface area (Å²) in [6.07, 6.45) is -3.63. The van der Waals surface area contributed by atoms with Crippen LogP contribution in [0.2, 0.25) is 0 Å². The van der Waals surface area contributed by atoms with Crippen LogP contribution in [0, 0.1) is 12.0 Å². The van der Waals surface area contributed by atoms with Crippen LogP contribution >= 0.6 is 0 Å². The zero-order valence-corrected chi connectivity index (χ0v) is 3.49. The van der Waals surface area contributed by atoms with Gasteiger partial charge in [0.05, 0.1) is 5.92 Å². The highest BCUT2D eigenvalue weighted by atomic mass is 19.4. The molecule has 0 aromatic rings. The molecule has 0 aromatic heterocycles.